The highest BCUT2D eigenvalue weighted by Crippen LogP contribution is 2.33. The zero-order valence-electron chi connectivity index (χ0n) is 11.4. The first-order valence-electron chi connectivity index (χ1n) is 6.67. The number of amides is 1. The number of ketones is 1. The van der Waals surface area contributed by atoms with E-state index in [-0.39, 0.29) is 16.9 Å². The number of carbonyl (C=O) groups is 2. The molecule has 1 atom stereocenters. The molecule has 0 spiro atoms. The maximum absolute atomic E-state index is 14.0. The van der Waals surface area contributed by atoms with Crippen LogP contribution >= 0.6 is 0 Å². The van der Waals surface area contributed by atoms with Gasteiger partial charge in [-0.2, -0.15) is 0 Å². The number of aliphatic hydroxyl groups excluding tert-OH is 1. The van der Waals surface area contributed by atoms with E-state index in [1.807, 2.05) is 0 Å². The van der Waals surface area contributed by atoms with Crippen LogP contribution in [0.4, 0.5) is 4.39 Å². The SMILES string of the molecule is O=C1NC(c2ccccc2F)C(=C(O)c2ccccc2)C1=O. The monoisotopic (exact) mass is 297 g/mol. The van der Waals surface area contributed by atoms with Gasteiger partial charge < -0.3 is 10.4 Å². The van der Waals surface area contributed by atoms with Crippen molar-refractivity contribution in [2.75, 3.05) is 0 Å². The fraction of sp³-hybridized carbons (Fsp3) is 0.0588. The highest BCUT2D eigenvalue weighted by molar-refractivity contribution is 6.46. The van der Waals surface area contributed by atoms with Gasteiger partial charge in [-0.05, 0) is 6.07 Å². The Labute approximate surface area is 125 Å². The predicted octanol–water partition coefficient (Wildman–Crippen LogP) is 2.54. The lowest BCUT2D eigenvalue weighted by Crippen LogP contribution is -2.21. The quantitative estimate of drug-likeness (QED) is 0.508. The number of rotatable bonds is 2. The number of hydrogen-bond acceptors (Lipinski definition) is 3. The van der Waals surface area contributed by atoms with Gasteiger partial charge in [0.2, 0.25) is 0 Å². The van der Waals surface area contributed by atoms with Crippen LogP contribution in [0.15, 0.2) is 60.2 Å². The Morgan fingerprint density at radius 3 is 2.32 bits per heavy atom. The summed E-state index contributed by atoms with van der Waals surface area (Å²) in [6, 6.07) is 13.2. The zero-order chi connectivity index (χ0) is 15.7. The van der Waals surface area contributed by atoms with E-state index >= 15 is 0 Å². The molecule has 2 aromatic carbocycles. The Hall–Kier alpha value is -2.95. The molecule has 1 saturated heterocycles. The van der Waals surface area contributed by atoms with Crippen LogP contribution in [0.2, 0.25) is 0 Å². The van der Waals surface area contributed by atoms with Crippen LogP contribution in [-0.2, 0) is 9.59 Å². The first-order valence-corrected chi connectivity index (χ1v) is 6.67. The molecule has 1 amide bonds. The molecule has 0 aromatic heterocycles. The zero-order valence-corrected chi connectivity index (χ0v) is 11.4. The second kappa shape index (κ2) is 5.44. The molecule has 2 N–H and O–H groups in total. The largest absolute Gasteiger partial charge is 0.507 e. The molecule has 1 unspecified atom stereocenters. The third-order valence-electron chi connectivity index (χ3n) is 3.53. The van der Waals surface area contributed by atoms with Crippen LogP contribution in [0.5, 0.6) is 0 Å². The van der Waals surface area contributed by atoms with E-state index in [4.69, 9.17) is 0 Å². The highest BCUT2D eigenvalue weighted by Gasteiger charge is 2.40. The normalized spacial score (nSPS) is 20.0. The van der Waals surface area contributed by atoms with Gasteiger partial charge in [-0.3, -0.25) is 9.59 Å². The Balaban J connectivity index is 2.16. The maximum atomic E-state index is 14.0. The first-order chi connectivity index (χ1) is 10.6. The number of Topliss-reactive ketones (excluding diaryl/α,β-unsaturated/α-hetero) is 1. The van der Waals surface area contributed by atoms with Crippen molar-refractivity contribution in [1.29, 1.82) is 0 Å². The minimum atomic E-state index is -0.999. The van der Waals surface area contributed by atoms with Crippen LogP contribution in [0.25, 0.3) is 5.76 Å². The van der Waals surface area contributed by atoms with Crippen LogP contribution in [-0.4, -0.2) is 16.8 Å². The number of carbonyl (C=O) groups excluding carboxylic acids is 2. The van der Waals surface area contributed by atoms with E-state index in [0.29, 0.717) is 5.56 Å². The van der Waals surface area contributed by atoms with Crippen LogP contribution < -0.4 is 5.32 Å². The molecule has 1 aliphatic heterocycles. The Morgan fingerprint density at radius 2 is 1.64 bits per heavy atom. The van der Waals surface area contributed by atoms with Crippen molar-refractivity contribution in [3.63, 3.8) is 0 Å². The minimum absolute atomic E-state index is 0.138. The summed E-state index contributed by atoms with van der Waals surface area (Å²) in [4.78, 5) is 23.7. The van der Waals surface area contributed by atoms with Crippen LogP contribution in [0.1, 0.15) is 17.2 Å². The molecule has 0 saturated carbocycles. The van der Waals surface area contributed by atoms with Gasteiger partial charge in [-0.25, -0.2) is 4.39 Å². The van der Waals surface area contributed by atoms with Crippen molar-refractivity contribution in [2.45, 2.75) is 6.04 Å². The molecule has 0 aliphatic carbocycles. The van der Waals surface area contributed by atoms with Crippen molar-refractivity contribution in [3.05, 3.63) is 77.1 Å². The molecule has 1 aliphatic rings. The second-order valence-electron chi connectivity index (χ2n) is 4.89. The fourth-order valence-electron chi connectivity index (χ4n) is 2.46. The van der Waals surface area contributed by atoms with Gasteiger partial charge in [-0.15, -0.1) is 0 Å². The van der Waals surface area contributed by atoms with Gasteiger partial charge in [0, 0.05) is 11.1 Å². The number of halogens is 1. The molecule has 110 valence electrons. The number of benzene rings is 2. The van der Waals surface area contributed by atoms with Gasteiger partial charge in [0.05, 0.1) is 11.6 Å². The average Bonchev–Trinajstić information content (AvgIpc) is 2.83. The summed E-state index contributed by atoms with van der Waals surface area (Å²) in [5, 5.41) is 12.8. The maximum Gasteiger partial charge on any atom is 0.293 e. The number of hydrogen-bond donors (Lipinski definition) is 2. The minimum Gasteiger partial charge on any atom is -0.507 e. The van der Waals surface area contributed by atoms with E-state index in [9.17, 15) is 19.1 Å². The lowest BCUT2D eigenvalue weighted by Gasteiger charge is -2.14. The molecule has 0 radical (unpaired) electrons. The second-order valence-corrected chi connectivity index (χ2v) is 4.89. The van der Waals surface area contributed by atoms with Crippen LogP contribution in [0.3, 0.4) is 0 Å². The van der Waals surface area contributed by atoms with Crippen LogP contribution in [0, 0.1) is 5.82 Å². The summed E-state index contributed by atoms with van der Waals surface area (Å²) >= 11 is 0. The Bertz CT molecular complexity index is 784. The number of nitrogens with one attached hydrogen (secondary N) is 1. The summed E-state index contributed by atoms with van der Waals surface area (Å²) in [6.07, 6.45) is 0. The third kappa shape index (κ3) is 2.26. The van der Waals surface area contributed by atoms with Crippen molar-refractivity contribution in [2.24, 2.45) is 0 Å². The first kappa shape index (κ1) is 14.0. The van der Waals surface area contributed by atoms with Gasteiger partial charge in [-0.1, -0.05) is 48.5 Å². The van der Waals surface area contributed by atoms with Gasteiger partial charge in [0.15, 0.2) is 0 Å². The molecule has 5 heteroatoms. The van der Waals surface area contributed by atoms with Crippen molar-refractivity contribution < 1.29 is 19.1 Å². The molecule has 4 nitrogen and oxygen atoms in total. The van der Waals surface area contributed by atoms with Crippen molar-refractivity contribution in [3.8, 4) is 0 Å². The molecular weight excluding hydrogens is 285 g/mol. The summed E-state index contributed by atoms with van der Waals surface area (Å²) in [5.41, 5.74) is 0.393. The Kier molecular flexibility index (Phi) is 3.47. The summed E-state index contributed by atoms with van der Waals surface area (Å²) in [5.74, 6) is -2.58. The average molecular weight is 297 g/mol. The fourth-order valence-corrected chi connectivity index (χ4v) is 2.46. The van der Waals surface area contributed by atoms with E-state index in [1.165, 1.54) is 18.2 Å². The van der Waals surface area contributed by atoms with Crippen molar-refractivity contribution in [1.82, 2.24) is 5.32 Å². The summed E-state index contributed by atoms with van der Waals surface area (Å²) < 4.78 is 14.0. The van der Waals surface area contributed by atoms with E-state index in [1.54, 1.807) is 36.4 Å². The van der Waals surface area contributed by atoms with Gasteiger partial charge >= 0.3 is 0 Å². The summed E-state index contributed by atoms with van der Waals surface area (Å²) in [6.45, 7) is 0. The molecule has 0 bridgehead atoms. The molecule has 1 fully saturated rings. The lowest BCUT2D eigenvalue weighted by molar-refractivity contribution is -0.133. The van der Waals surface area contributed by atoms with E-state index in [2.05, 4.69) is 5.32 Å². The highest BCUT2D eigenvalue weighted by atomic mass is 19.1. The smallest absolute Gasteiger partial charge is 0.293 e. The topological polar surface area (TPSA) is 66.4 Å². The van der Waals surface area contributed by atoms with E-state index in [0.717, 1.165) is 0 Å². The van der Waals surface area contributed by atoms with E-state index < -0.39 is 23.5 Å². The number of aliphatic hydroxyl groups is 1. The third-order valence-corrected chi connectivity index (χ3v) is 3.53. The summed E-state index contributed by atoms with van der Waals surface area (Å²) in [7, 11) is 0. The predicted molar refractivity (Wildman–Crippen MR) is 78.3 cm³/mol. The molecule has 1 heterocycles. The molecule has 2 aromatic rings. The van der Waals surface area contributed by atoms with Gasteiger partial charge in [0.25, 0.3) is 11.7 Å². The molecule has 22 heavy (non-hydrogen) atoms. The molecule has 3 rings (SSSR count). The molecular formula is C17H12FNO3. The van der Waals surface area contributed by atoms with Crippen molar-refractivity contribution >= 4 is 17.4 Å². The lowest BCUT2D eigenvalue weighted by atomic mass is 9.95. The standard InChI is InChI=1S/C17H12FNO3/c18-12-9-5-4-8-11(12)14-13(16(21)17(22)19-14)15(20)10-6-2-1-3-7-10/h1-9,14,20H,(H,19,22). The van der Waals surface area contributed by atoms with Gasteiger partial charge in [0.1, 0.15) is 11.6 Å². The Morgan fingerprint density at radius 1 is 1.00 bits per heavy atom.